The summed E-state index contributed by atoms with van der Waals surface area (Å²) in [5, 5.41) is 3.96. The predicted octanol–water partition coefficient (Wildman–Crippen LogP) is 3.14. The fourth-order valence-electron chi connectivity index (χ4n) is 3.45. The van der Waals surface area contributed by atoms with E-state index < -0.39 is 17.3 Å². The summed E-state index contributed by atoms with van der Waals surface area (Å²) in [6.07, 6.45) is -3.52. The number of ether oxygens (including phenoxy) is 1. The lowest BCUT2D eigenvalue weighted by molar-refractivity contribution is -0.144. The van der Waals surface area contributed by atoms with E-state index in [9.17, 15) is 18.0 Å². The van der Waals surface area contributed by atoms with E-state index in [1.165, 1.54) is 0 Å². The van der Waals surface area contributed by atoms with Crippen molar-refractivity contribution in [3.05, 3.63) is 42.2 Å². The van der Waals surface area contributed by atoms with E-state index in [0.717, 1.165) is 16.9 Å². The third-order valence-corrected chi connectivity index (χ3v) is 4.88. The zero-order valence-electron chi connectivity index (χ0n) is 15.7. The number of halogens is 3. The number of rotatable bonds is 2. The topological polar surface area (TPSA) is 85.8 Å². The molecule has 1 aliphatic heterocycles. The van der Waals surface area contributed by atoms with Gasteiger partial charge in [0.15, 0.2) is 5.82 Å². The molecule has 1 fully saturated rings. The van der Waals surface area contributed by atoms with Crippen LogP contribution in [0.1, 0.15) is 19.4 Å². The first-order chi connectivity index (χ1) is 13.6. The van der Waals surface area contributed by atoms with E-state index >= 15 is 0 Å². The molecule has 1 saturated heterocycles. The van der Waals surface area contributed by atoms with Gasteiger partial charge in [-0.25, -0.2) is 9.50 Å². The summed E-state index contributed by atoms with van der Waals surface area (Å²) in [7, 11) is 0. The first kappa shape index (κ1) is 19.2. The van der Waals surface area contributed by atoms with Gasteiger partial charge in [0.1, 0.15) is 17.4 Å². The van der Waals surface area contributed by atoms with Gasteiger partial charge in [0.25, 0.3) is 5.91 Å². The van der Waals surface area contributed by atoms with Crippen LogP contribution in [-0.2, 0) is 15.7 Å². The summed E-state index contributed by atoms with van der Waals surface area (Å²) in [6.45, 7) is 4.07. The lowest BCUT2D eigenvalue weighted by Gasteiger charge is -2.37. The normalized spacial score (nSPS) is 17.1. The first-order valence-electron chi connectivity index (χ1n) is 8.85. The average Bonchev–Trinajstić information content (AvgIpc) is 3.06. The molecule has 1 aromatic carbocycles. The summed E-state index contributed by atoms with van der Waals surface area (Å²) < 4.78 is 47.3. The van der Waals surface area contributed by atoms with Crippen molar-refractivity contribution in [3.8, 4) is 11.3 Å². The Bertz CT molecular complexity index is 1110. The maximum atomic E-state index is 13.5. The van der Waals surface area contributed by atoms with Crippen molar-refractivity contribution in [1.82, 2.24) is 14.6 Å². The number of hydrogen-bond acceptors (Lipinski definition) is 5. The average molecular weight is 405 g/mol. The van der Waals surface area contributed by atoms with E-state index in [1.54, 1.807) is 43.0 Å². The Labute approximate surface area is 163 Å². The Kier molecular flexibility index (Phi) is 4.26. The summed E-state index contributed by atoms with van der Waals surface area (Å²) in [4.78, 5) is 17.9. The van der Waals surface area contributed by atoms with Crippen LogP contribution in [-0.4, -0.2) is 39.3 Å². The van der Waals surface area contributed by atoms with E-state index in [4.69, 9.17) is 10.5 Å². The molecule has 7 nitrogen and oxygen atoms in total. The van der Waals surface area contributed by atoms with Crippen LogP contribution in [0.4, 0.5) is 24.7 Å². The Hall–Kier alpha value is -3.14. The fraction of sp³-hybridized carbons (Fsp3) is 0.316. The number of aromatic nitrogens is 3. The molecule has 2 aromatic heterocycles. The standard InChI is InChI=1S/C19H18F3N5O2/c1-18(2)17(28)26(6-7-29-18)12-5-3-4-11(8-12)14-9-13(19(20,21)22)15-16(23)24-10-25-27(14)15/h3-5,8-10H,6-7H2,1-2H3,(H2,23,24,25). The highest BCUT2D eigenvalue weighted by Crippen LogP contribution is 2.39. The van der Waals surface area contributed by atoms with Crippen molar-refractivity contribution < 1.29 is 22.7 Å². The third kappa shape index (κ3) is 3.19. The minimum atomic E-state index is -4.62. The van der Waals surface area contributed by atoms with E-state index in [0.29, 0.717) is 24.4 Å². The highest BCUT2D eigenvalue weighted by atomic mass is 19.4. The van der Waals surface area contributed by atoms with Crippen molar-refractivity contribution in [2.24, 2.45) is 0 Å². The maximum absolute atomic E-state index is 13.5. The van der Waals surface area contributed by atoms with Gasteiger partial charge in [-0.2, -0.15) is 18.3 Å². The summed E-state index contributed by atoms with van der Waals surface area (Å²) >= 11 is 0. The molecular weight excluding hydrogens is 387 g/mol. The molecule has 0 bridgehead atoms. The number of benzene rings is 1. The first-order valence-corrected chi connectivity index (χ1v) is 8.85. The molecule has 0 aliphatic carbocycles. The molecule has 1 aliphatic rings. The number of nitrogen functional groups attached to an aromatic ring is 1. The zero-order valence-corrected chi connectivity index (χ0v) is 15.7. The van der Waals surface area contributed by atoms with Crippen molar-refractivity contribution in [1.29, 1.82) is 0 Å². The Morgan fingerprint density at radius 1 is 1.24 bits per heavy atom. The molecule has 3 aromatic rings. The number of carbonyl (C=O) groups is 1. The van der Waals surface area contributed by atoms with Crippen molar-refractivity contribution in [2.75, 3.05) is 23.8 Å². The quantitative estimate of drug-likeness (QED) is 0.708. The number of amides is 1. The van der Waals surface area contributed by atoms with E-state index in [-0.39, 0.29) is 22.9 Å². The Balaban J connectivity index is 1.85. The molecular formula is C19H18F3N5O2. The van der Waals surface area contributed by atoms with Crippen LogP contribution in [0.25, 0.3) is 16.8 Å². The number of anilines is 2. The fourth-order valence-corrected chi connectivity index (χ4v) is 3.45. The van der Waals surface area contributed by atoms with Crippen molar-refractivity contribution in [3.63, 3.8) is 0 Å². The molecule has 0 spiro atoms. The van der Waals surface area contributed by atoms with Crippen LogP contribution in [0.2, 0.25) is 0 Å². The van der Waals surface area contributed by atoms with Gasteiger partial charge in [0, 0.05) is 17.8 Å². The van der Waals surface area contributed by atoms with Gasteiger partial charge in [0.05, 0.1) is 17.9 Å². The lowest BCUT2D eigenvalue weighted by Crippen LogP contribution is -2.53. The van der Waals surface area contributed by atoms with Crippen LogP contribution in [0.15, 0.2) is 36.7 Å². The monoisotopic (exact) mass is 405 g/mol. The SMILES string of the molecule is CC1(C)OCCN(c2cccc(-c3cc(C(F)(F)F)c4c(N)ncnn34)c2)C1=O. The zero-order chi connectivity index (χ0) is 21.0. The van der Waals surface area contributed by atoms with Crippen LogP contribution in [0.5, 0.6) is 0 Å². The smallest absolute Gasteiger partial charge is 0.382 e. The largest absolute Gasteiger partial charge is 0.418 e. The minimum absolute atomic E-state index is 0.197. The van der Waals surface area contributed by atoms with Gasteiger partial charge in [-0.05, 0) is 32.0 Å². The number of carbonyl (C=O) groups excluding carboxylic acids is 1. The molecule has 152 valence electrons. The molecule has 1 amide bonds. The maximum Gasteiger partial charge on any atom is 0.418 e. The van der Waals surface area contributed by atoms with Crippen LogP contribution in [0.3, 0.4) is 0 Å². The van der Waals surface area contributed by atoms with Gasteiger partial charge in [-0.15, -0.1) is 0 Å². The van der Waals surface area contributed by atoms with Gasteiger partial charge in [0.2, 0.25) is 0 Å². The lowest BCUT2D eigenvalue weighted by atomic mass is 10.0. The summed E-state index contributed by atoms with van der Waals surface area (Å²) in [5.74, 6) is -0.483. The number of fused-ring (bicyclic) bond motifs is 1. The Morgan fingerprint density at radius 3 is 2.72 bits per heavy atom. The number of morpholine rings is 1. The molecule has 0 atom stereocenters. The molecule has 29 heavy (non-hydrogen) atoms. The number of alkyl halides is 3. The van der Waals surface area contributed by atoms with Gasteiger partial charge < -0.3 is 15.4 Å². The van der Waals surface area contributed by atoms with Gasteiger partial charge in [-0.3, -0.25) is 4.79 Å². The molecule has 10 heteroatoms. The van der Waals surface area contributed by atoms with Gasteiger partial charge >= 0.3 is 6.18 Å². The highest BCUT2D eigenvalue weighted by molar-refractivity contribution is 6.00. The molecule has 2 N–H and O–H groups in total. The summed E-state index contributed by atoms with van der Waals surface area (Å²) in [5.41, 5.74) is 4.73. The molecule has 3 heterocycles. The molecule has 0 radical (unpaired) electrons. The predicted molar refractivity (Wildman–Crippen MR) is 100 cm³/mol. The second-order valence-corrected chi connectivity index (χ2v) is 7.21. The second kappa shape index (κ2) is 6.45. The summed E-state index contributed by atoms with van der Waals surface area (Å²) in [6, 6.07) is 7.70. The van der Waals surface area contributed by atoms with Crippen LogP contribution < -0.4 is 10.6 Å². The molecule has 4 rings (SSSR count). The third-order valence-electron chi connectivity index (χ3n) is 4.88. The minimum Gasteiger partial charge on any atom is -0.382 e. The van der Waals surface area contributed by atoms with Crippen LogP contribution in [0, 0.1) is 0 Å². The van der Waals surface area contributed by atoms with E-state index in [2.05, 4.69) is 10.1 Å². The van der Waals surface area contributed by atoms with E-state index in [1.807, 2.05) is 0 Å². The van der Waals surface area contributed by atoms with Gasteiger partial charge in [-0.1, -0.05) is 12.1 Å². The molecule has 0 saturated carbocycles. The second-order valence-electron chi connectivity index (χ2n) is 7.21. The molecule has 0 unspecified atom stereocenters. The Morgan fingerprint density at radius 2 is 2.00 bits per heavy atom. The van der Waals surface area contributed by atoms with Crippen LogP contribution >= 0.6 is 0 Å². The van der Waals surface area contributed by atoms with Crippen molar-refractivity contribution in [2.45, 2.75) is 25.6 Å². The highest BCUT2D eigenvalue weighted by Gasteiger charge is 2.38. The number of nitrogens with two attached hydrogens (primary N) is 1. The van der Waals surface area contributed by atoms with Crippen molar-refractivity contribution >= 4 is 22.9 Å². The number of hydrogen-bond donors (Lipinski definition) is 1. The number of nitrogens with zero attached hydrogens (tertiary/aromatic N) is 4.